The third-order valence-corrected chi connectivity index (χ3v) is 5.49. The van der Waals surface area contributed by atoms with E-state index in [1.54, 1.807) is 26.2 Å². The van der Waals surface area contributed by atoms with E-state index in [9.17, 15) is 9.59 Å². The Morgan fingerprint density at radius 2 is 1.87 bits per heavy atom. The fourth-order valence-corrected chi connectivity index (χ4v) is 3.86. The number of piperazine rings is 1. The Hall–Kier alpha value is -3.49. The lowest BCUT2D eigenvalue weighted by Crippen LogP contribution is -2.57. The third kappa shape index (κ3) is 4.35. The fraction of sp³-hybridized carbons (Fsp3) is 0.409. The van der Waals surface area contributed by atoms with Crippen LogP contribution in [0.5, 0.6) is 5.75 Å². The molecule has 4 rings (SSSR count). The summed E-state index contributed by atoms with van der Waals surface area (Å²) in [6.45, 7) is 4.80. The first-order valence-electron chi connectivity index (χ1n) is 10.3. The number of anilines is 1. The maximum absolute atomic E-state index is 12.8. The van der Waals surface area contributed by atoms with Gasteiger partial charge in [-0.25, -0.2) is 4.99 Å². The highest BCUT2D eigenvalue weighted by molar-refractivity contribution is 6.08. The van der Waals surface area contributed by atoms with Crippen LogP contribution in [0.1, 0.15) is 18.7 Å². The first kappa shape index (κ1) is 20.8. The van der Waals surface area contributed by atoms with Crippen molar-refractivity contribution in [2.45, 2.75) is 13.0 Å². The van der Waals surface area contributed by atoms with Gasteiger partial charge >= 0.3 is 5.97 Å². The van der Waals surface area contributed by atoms with Crippen LogP contribution in [0.2, 0.25) is 0 Å². The van der Waals surface area contributed by atoms with Crippen molar-refractivity contribution in [2.75, 3.05) is 44.8 Å². The number of ether oxygens (including phenoxy) is 2. The second-order valence-corrected chi connectivity index (χ2v) is 7.30. The van der Waals surface area contributed by atoms with Crippen molar-refractivity contribution in [2.24, 2.45) is 10.9 Å². The van der Waals surface area contributed by atoms with Crippen molar-refractivity contribution in [1.29, 1.82) is 0 Å². The summed E-state index contributed by atoms with van der Waals surface area (Å²) in [5, 5.41) is 2.80. The van der Waals surface area contributed by atoms with Gasteiger partial charge in [-0.05, 0) is 43.3 Å². The Balaban J connectivity index is 1.49. The molecule has 0 bridgehead atoms. The van der Waals surface area contributed by atoms with Crippen molar-refractivity contribution in [3.05, 3.63) is 48.4 Å². The zero-order valence-corrected chi connectivity index (χ0v) is 17.6. The van der Waals surface area contributed by atoms with Gasteiger partial charge in [0.25, 0.3) is 0 Å². The third-order valence-electron chi connectivity index (χ3n) is 5.49. The molecule has 2 atom stereocenters. The fourth-order valence-electron chi connectivity index (χ4n) is 3.86. The molecular formula is C22H26N4O5. The maximum Gasteiger partial charge on any atom is 0.321 e. The number of nitrogens with one attached hydrogen (secondary N) is 1. The molecular weight excluding hydrogens is 400 g/mol. The van der Waals surface area contributed by atoms with E-state index in [1.807, 2.05) is 29.2 Å². The van der Waals surface area contributed by atoms with Gasteiger partial charge in [-0.3, -0.25) is 14.9 Å². The molecule has 1 aromatic heterocycles. The molecule has 2 aliphatic rings. The number of nitrogens with zero attached hydrogens (tertiary/aromatic N) is 3. The Bertz CT molecular complexity index is 933. The topological polar surface area (TPSA) is 96.6 Å². The zero-order valence-electron chi connectivity index (χ0n) is 17.6. The van der Waals surface area contributed by atoms with E-state index in [0.29, 0.717) is 24.8 Å². The lowest BCUT2D eigenvalue weighted by atomic mass is 9.95. The molecule has 3 heterocycles. The van der Waals surface area contributed by atoms with E-state index in [-0.39, 0.29) is 6.61 Å². The number of rotatable bonds is 5. The predicted octanol–water partition coefficient (Wildman–Crippen LogP) is 1.82. The van der Waals surface area contributed by atoms with Gasteiger partial charge in [-0.1, -0.05) is 0 Å². The number of methoxy groups -OCH3 is 1. The van der Waals surface area contributed by atoms with Crippen LogP contribution in [-0.4, -0.2) is 62.6 Å². The number of furan rings is 1. The summed E-state index contributed by atoms with van der Waals surface area (Å²) in [4.78, 5) is 34.2. The molecule has 0 unspecified atom stereocenters. The van der Waals surface area contributed by atoms with Crippen LogP contribution in [0.25, 0.3) is 0 Å². The van der Waals surface area contributed by atoms with E-state index in [0.717, 1.165) is 24.5 Å². The second kappa shape index (κ2) is 9.11. The van der Waals surface area contributed by atoms with Crippen molar-refractivity contribution < 1.29 is 23.5 Å². The van der Waals surface area contributed by atoms with Gasteiger partial charge in [0.2, 0.25) is 11.9 Å². The molecule has 0 saturated carbocycles. The minimum absolute atomic E-state index is 0.192. The van der Waals surface area contributed by atoms with Crippen molar-refractivity contribution in [1.82, 2.24) is 10.2 Å². The molecule has 1 aromatic carbocycles. The standard InChI is InChI=1S/C22H26N4O5/c1-3-30-21(28)18-19(17-5-4-14-31-17)23-22(24-20(18)27)26-12-10-25(11-13-26)15-6-8-16(29-2)9-7-15/h4-9,14,18-19H,3,10-13H2,1-2H3,(H,23,24,27)/t18-,19-/m0/s1. The van der Waals surface area contributed by atoms with Crippen LogP contribution in [-0.2, 0) is 14.3 Å². The molecule has 2 aromatic rings. The summed E-state index contributed by atoms with van der Waals surface area (Å²) in [7, 11) is 1.65. The molecule has 9 heteroatoms. The first-order valence-corrected chi connectivity index (χ1v) is 10.3. The number of guanidine groups is 1. The van der Waals surface area contributed by atoms with E-state index in [1.165, 1.54) is 6.26 Å². The summed E-state index contributed by atoms with van der Waals surface area (Å²) in [6.07, 6.45) is 1.51. The summed E-state index contributed by atoms with van der Waals surface area (Å²) in [5.41, 5.74) is 1.12. The Morgan fingerprint density at radius 1 is 1.16 bits per heavy atom. The van der Waals surface area contributed by atoms with E-state index in [4.69, 9.17) is 13.9 Å². The highest BCUT2D eigenvalue weighted by Crippen LogP contribution is 2.31. The normalized spacial score (nSPS) is 21.4. The smallest absolute Gasteiger partial charge is 0.321 e. The zero-order chi connectivity index (χ0) is 21.8. The van der Waals surface area contributed by atoms with Crippen molar-refractivity contribution in [3.63, 3.8) is 0 Å². The number of hydrogen-bond donors (Lipinski definition) is 1. The van der Waals surface area contributed by atoms with Gasteiger partial charge in [0.05, 0.1) is 20.0 Å². The van der Waals surface area contributed by atoms with Crippen LogP contribution in [0, 0.1) is 5.92 Å². The lowest BCUT2D eigenvalue weighted by molar-refractivity contribution is -0.153. The van der Waals surface area contributed by atoms with Gasteiger partial charge in [0.1, 0.15) is 17.6 Å². The SMILES string of the molecule is CCOC(=O)[C@@H]1C(=O)NC(N2CCN(c3ccc(OC)cc3)CC2)=N[C@H]1c1ccco1. The number of aliphatic imine (C=N–C) groups is 1. The molecule has 0 spiro atoms. The predicted molar refractivity (Wildman–Crippen MR) is 114 cm³/mol. The molecule has 31 heavy (non-hydrogen) atoms. The highest BCUT2D eigenvalue weighted by atomic mass is 16.5. The largest absolute Gasteiger partial charge is 0.497 e. The minimum Gasteiger partial charge on any atom is -0.497 e. The number of hydrogen-bond acceptors (Lipinski definition) is 8. The van der Waals surface area contributed by atoms with E-state index < -0.39 is 23.8 Å². The highest BCUT2D eigenvalue weighted by Gasteiger charge is 2.43. The average molecular weight is 426 g/mol. The lowest BCUT2D eigenvalue weighted by Gasteiger charge is -2.39. The molecule has 1 N–H and O–H groups in total. The summed E-state index contributed by atoms with van der Waals surface area (Å²) in [6, 6.07) is 10.6. The molecule has 0 radical (unpaired) electrons. The van der Waals surface area contributed by atoms with Crippen molar-refractivity contribution >= 4 is 23.5 Å². The van der Waals surface area contributed by atoms with Crippen LogP contribution < -0.4 is 15.0 Å². The number of carbonyl (C=O) groups is 2. The van der Waals surface area contributed by atoms with Gasteiger partial charge < -0.3 is 23.7 Å². The summed E-state index contributed by atoms with van der Waals surface area (Å²) in [5.74, 6) is -0.364. The second-order valence-electron chi connectivity index (χ2n) is 7.30. The van der Waals surface area contributed by atoms with Gasteiger partial charge in [0.15, 0.2) is 5.92 Å². The monoisotopic (exact) mass is 426 g/mol. The number of esters is 1. The van der Waals surface area contributed by atoms with Crippen molar-refractivity contribution in [3.8, 4) is 5.75 Å². The number of amides is 1. The number of carbonyl (C=O) groups excluding carboxylic acids is 2. The van der Waals surface area contributed by atoms with Gasteiger partial charge in [-0.2, -0.15) is 0 Å². The molecule has 164 valence electrons. The molecule has 1 fully saturated rings. The van der Waals surface area contributed by atoms with Crippen LogP contribution in [0.15, 0.2) is 52.1 Å². The summed E-state index contributed by atoms with van der Waals surface area (Å²) < 4.78 is 15.8. The first-order chi connectivity index (χ1) is 15.1. The quantitative estimate of drug-likeness (QED) is 0.575. The molecule has 1 amide bonds. The molecule has 1 saturated heterocycles. The van der Waals surface area contributed by atoms with Crippen LogP contribution in [0.3, 0.4) is 0 Å². The van der Waals surface area contributed by atoms with E-state index >= 15 is 0 Å². The van der Waals surface area contributed by atoms with Gasteiger partial charge in [-0.15, -0.1) is 0 Å². The Morgan fingerprint density at radius 3 is 2.48 bits per heavy atom. The maximum atomic E-state index is 12.8. The molecule has 2 aliphatic heterocycles. The molecule has 0 aliphatic carbocycles. The average Bonchev–Trinajstić information content (AvgIpc) is 3.34. The minimum atomic E-state index is -1.07. The van der Waals surface area contributed by atoms with Crippen LogP contribution >= 0.6 is 0 Å². The molecule has 9 nitrogen and oxygen atoms in total. The summed E-state index contributed by atoms with van der Waals surface area (Å²) >= 11 is 0. The van der Waals surface area contributed by atoms with E-state index in [2.05, 4.69) is 15.2 Å². The van der Waals surface area contributed by atoms with Crippen LogP contribution in [0.4, 0.5) is 5.69 Å². The Labute approximate surface area is 180 Å². The van der Waals surface area contributed by atoms with Gasteiger partial charge in [0, 0.05) is 31.9 Å². The Kier molecular flexibility index (Phi) is 6.11. The number of benzene rings is 1.